The van der Waals surface area contributed by atoms with Crippen molar-refractivity contribution in [2.75, 3.05) is 18.5 Å². The lowest BCUT2D eigenvalue weighted by molar-refractivity contribution is 0.0722. The van der Waals surface area contributed by atoms with E-state index in [-0.39, 0.29) is 11.4 Å². The van der Waals surface area contributed by atoms with Crippen LogP contribution in [0.3, 0.4) is 0 Å². The minimum atomic E-state index is -0.564. The van der Waals surface area contributed by atoms with E-state index in [2.05, 4.69) is 46.7 Å². The lowest BCUT2D eigenvalue weighted by atomic mass is 10.1. The summed E-state index contributed by atoms with van der Waals surface area (Å²) in [5.74, 6) is 1.42. The van der Waals surface area contributed by atoms with Crippen molar-refractivity contribution < 1.29 is 9.13 Å². The molecule has 1 atom stereocenters. The van der Waals surface area contributed by atoms with Gasteiger partial charge in [0.2, 0.25) is 0 Å². The molecular formula is C23H28FN7O. The monoisotopic (exact) mass is 437 g/mol. The molecule has 9 heteroatoms. The Morgan fingerprint density at radius 3 is 2.66 bits per heavy atom. The van der Waals surface area contributed by atoms with Gasteiger partial charge in [0.25, 0.3) is 0 Å². The zero-order chi connectivity index (χ0) is 22.7. The van der Waals surface area contributed by atoms with Crippen molar-refractivity contribution in [2.24, 2.45) is 0 Å². The number of fused-ring (bicyclic) bond motifs is 1. The SMILES string of the molecule is Cc1cc(Nc2nc(C(OCCNC(C)(C)C)c3ccc(F)cc3)nn3cccc23)n[nH]1. The number of ether oxygens (including phenoxy) is 1. The highest BCUT2D eigenvalue weighted by atomic mass is 19.1. The largest absolute Gasteiger partial charge is 0.364 e. The number of rotatable bonds is 8. The van der Waals surface area contributed by atoms with Crippen LogP contribution in [0.4, 0.5) is 16.0 Å². The van der Waals surface area contributed by atoms with E-state index in [0.29, 0.717) is 30.6 Å². The van der Waals surface area contributed by atoms with Gasteiger partial charge in [0.1, 0.15) is 17.4 Å². The number of nitrogens with one attached hydrogen (secondary N) is 3. The normalized spacial score (nSPS) is 12.9. The Hall–Kier alpha value is -3.30. The number of nitrogens with zero attached hydrogens (tertiary/aromatic N) is 4. The summed E-state index contributed by atoms with van der Waals surface area (Å²) in [6.45, 7) is 9.32. The third-order valence-electron chi connectivity index (χ3n) is 4.81. The van der Waals surface area contributed by atoms with E-state index in [0.717, 1.165) is 16.8 Å². The molecule has 32 heavy (non-hydrogen) atoms. The number of halogens is 1. The lowest BCUT2D eigenvalue weighted by Crippen LogP contribution is -2.38. The van der Waals surface area contributed by atoms with Crippen molar-refractivity contribution in [3.8, 4) is 0 Å². The van der Waals surface area contributed by atoms with Gasteiger partial charge in [-0.1, -0.05) is 12.1 Å². The fraction of sp³-hybridized carbons (Fsp3) is 0.348. The van der Waals surface area contributed by atoms with Crippen LogP contribution in [0.2, 0.25) is 0 Å². The molecule has 1 aromatic carbocycles. The summed E-state index contributed by atoms with van der Waals surface area (Å²) in [5.41, 5.74) is 2.50. The molecule has 0 bridgehead atoms. The number of aromatic amines is 1. The second kappa shape index (κ2) is 9.05. The number of hydrogen-bond donors (Lipinski definition) is 3. The Morgan fingerprint density at radius 2 is 1.97 bits per heavy atom. The maximum Gasteiger partial charge on any atom is 0.184 e. The van der Waals surface area contributed by atoms with Gasteiger partial charge in [-0.05, 0) is 57.5 Å². The topological polar surface area (TPSA) is 92.2 Å². The van der Waals surface area contributed by atoms with E-state index < -0.39 is 6.10 Å². The molecule has 0 saturated carbocycles. The smallest absolute Gasteiger partial charge is 0.184 e. The molecule has 168 valence electrons. The summed E-state index contributed by atoms with van der Waals surface area (Å²) in [6, 6.07) is 11.9. The fourth-order valence-corrected chi connectivity index (χ4v) is 3.32. The molecular weight excluding hydrogens is 409 g/mol. The van der Waals surface area contributed by atoms with E-state index >= 15 is 0 Å². The summed E-state index contributed by atoms with van der Waals surface area (Å²) >= 11 is 0. The van der Waals surface area contributed by atoms with E-state index in [1.165, 1.54) is 12.1 Å². The first-order valence-corrected chi connectivity index (χ1v) is 10.5. The van der Waals surface area contributed by atoms with E-state index in [1.807, 2.05) is 31.3 Å². The Labute approximate surface area is 186 Å². The van der Waals surface area contributed by atoms with Crippen molar-refractivity contribution in [1.29, 1.82) is 0 Å². The standard InChI is InChI=1S/C23H28FN7O/c1-15-14-19(29-28-15)26-21-18-6-5-12-31(18)30-22(27-21)20(16-7-9-17(24)10-8-16)32-13-11-25-23(2,3)4/h5-10,12,14,20,25H,11,13H2,1-4H3,(H2,26,27,28,29,30). The van der Waals surface area contributed by atoms with Crippen LogP contribution in [0.15, 0.2) is 48.7 Å². The van der Waals surface area contributed by atoms with Gasteiger partial charge in [0, 0.05) is 30.0 Å². The average molecular weight is 438 g/mol. The minimum Gasteiger partial charge on any atom is -0.364 e. The van der Waals surface area contributed by atoms with Gasteiger partial charge in [-0.3, -0.25) is 5.10 Å². The van der Waals surface area contributed by atoms with E-state index in [9.17, 15) is 4.39 Å². The highest BCUT2D eigenvalue weighted by Gasteiger charge is 2.22. The van der Waals surface area contributed by atoms with Gasteiger partial charge in [-0.2, -0.15) is 5.10 Å². The molecule has 0 aliphatic carbocycles. The number of hydrogen-bond acceptors (Lipinski definition) is 6. The molecule has 0 aliphatic heterocycles. The molecule has 0 amide bonds. The maximum absolute atomic E-state index is 13.6. The van der Waals surface area contributed by atoms with Crippen molar-refractivity contribution >= 4 is 17.2 Å². The highest BCUT2D eigenvalue weighted by Crippen LogP contribution is 2.27. The van der Waals surface area contributed by atoms with Crippen LogP contribution in [-0.4, -0.2) is 43.5 Å². The van der Waals surface area contributed by atoms with Gasteiger partial charge < -0.3 is 15.4 Å². The Bertz CT molecular complexity index is 1180. The third-order valence-corrected chi connectivity index (χ3v) is 4.81. The molecule has 4 rings (SSSR count). The maximum atomic E-state index is 13.6. The second-order valence-corrected chi connectivity index (χ2v) is 8.70. The molecule has 3 aromatic heterocycles. The molecule has 0 saturated heterocycles. The fourth-order valence-electron chi connectivity index (χ4n) is 3.32. The quantitative estimate of drug-likeness (QED) is 0.359. The van der Waals surface area contributed by atoms with Crippen LogP contribution in [0.25, 0.3) is 5.52 Å². The summed E-state index contributed by atoms with van der Waals surface area (Å²) in [4.78, 5) is 4.77. The Kier molecular flexibility index (Phi) is 6.20. The van der Waals surface area contributed by atoms with Gasteiger partial charge in [-0.15, -0.1) is 5.10 Å². The van der Waals surface area contributed by atoms with Crippen molar-refractivity contribution in [3.05, 3.63) is 71.6 Å². The summed E-state index contributed by atoms with van der Waals surface area (Å²) in [5, 5.41) is 18.5. The average Bonchev–Trinajstić information content (AvgIpc) is 3.37. The Morgan fingerprint density at radius 1 is 1.19 bits per heavy atom. The molecule has 3 heterocycles. The zero-order valence-corrected chi connectivity index (χ0v) is 18.7. The van der Waals surface area contributed by atoms with Gasteiger partial charge in [0.05, 0.1) is 6.61 Å². The lowest BCUT2D eigenvalue weighted by Gasteiger charge is -2.22. The first kappa shape index (κ1) is 21.9. The predicted octanol–water partition coefficient (Wildman–Crippen LogP) is 4.14. The van der Waals surface area contributed by atoms with Gasteiger partial charge >= 0.3 is 0 Å². The summed E-state index contributed by atoms with van der Waals surface area (Å²) in [7, 11) is 0. The van der Waals surface area contributed by atoms with Crippen LogP contribution in [0.5, 0.6) is 0 Å². The number of aryl methyl sites for hydroxylation is 1. The molecule has 1 unspecified atom stereocenters. The van der Waals surface area contributed by atoms with Crippen LogP contribution < -0.4 is 10.6 Å². The van der Waals surface area contributed by atoms with Gasteiger partial charge in [-0.25, -0.2) is 13.9 Å². The number of anilines is 2. The molecule has 4 aromatic rings. The number of aromatic nitrogens is 5. The predicted molar refractivity (Wildman–Crippen MR) is 122 cm³/mol. The summed E-state index contributed by atoms with van der Waals surface area (Å²) < 4.78 is 21.5. The molecule has 3 N–H and O–H groups in total. The minimum absolute atomic E-state index is 0.0198. The number of H-pyrrole nitrogens is 1. The molecule has 0 radical (unpaired) electrons. The van der Waals surface area contributed by atoms with Crippen LogP contribution in [0, 0.1) is 12.7 Å². The van der Waals surface area contributed by atoms with E-state index in [1.54, 1.807) is 16.6 Å². The second-order valence-electron chi connectivity index (χ2n) is 8.70. The first-order valence-electron chi connectivity index (χ1n) is 10.5. The molecule has 0 fully saturated rings. The molecule has 8 nitrogen and oxygen atoms in total. The number of benzene rings is 1. The summed E-state index contributed by atoms with van der Waals surface area (Å²) in [6.07, 6.45) is 1.29. The van der Waals surface area contributed by atoms with Crippen molar-refractivity contribution in [2.45, 2.75) is 39.3 Å². The molecule has 0 spiro atoms. The van der Waals surface area contributed by atoms with Crippen LogP contribution >= 0.6 is 0 Å². The Balaban J connectivity index is 1.67. The first-order chi connectivity index (χ1) is 15.3. The zero-order valence-electron chi connectivity index (χ0n) is 18.7. The highest BCUT2D eigenvalue weighted by molar-refractivity contribution is 5.72. The van der Waals surface area contributed by atoms with Crippen LogP contribution in [-0.2, 0) is 4.74 Å². The van der Waals surface area contributed by atoms with Crippen molar-refractivity contribution in [3.63, 3.8) is 0 Å². The molecule has 0 aliphatic rings. The van der Waals surface area contributed by atoms with Gasteiger partial charge in [0.15, 0.2) is 17.5 Å². The van der Waals surface area contributed by atoms with E-state index in [4.69, 9.17) is 9.72 Å². The third kappa shape index (κ3) is 5.30. The van der Waals surface area contributed by atoms with Crippen molar-refractivity contribution in [1.82, 2.24) is 30.1 Å². The van der Waals surface area contributed by atoms with Crippen LogP contribution in [0.1, 0.15) is 44.0 Å².